The van der Waals surface area contributed by atoms with Crippen LogP contribution in [-0.4, -0.2) is 51.5 Å². The molecule has 1 aliphatic heterocycles. The number of likely N-dealkylation sites (tertiary alicyclic amines) is 1. The number of hydrogen-bond donors (Lipinski definition) is 2. The fraction of sp³-hybridized carbons (Fsp3) is 0.412. The molecule has 2 fully saturated rings. The number of urea groups is 1. The quantitative estimate of drug-likeness (QED) is 0.850. The van der Waals surface area contributed by atoms with Gasteiger partial charge in [-0.1, -0.05) is 17.3 Å². The highest BCUT2D eigenvalue weighted by atomic mass is 19.1. The lowest BCUT2D eigenvalue weighted by molar-refractivity contribution is 0.0946. The topological polar surface area (TPSA) is 92.2 Å². The summed E-state index contributed by atoms with van der Waals surface area (Å²) in [5, 5.41) is 13.3. The molecule has 26 heavy (non-hydrogen) atoms. The number of halogens is 1. The summed E-state index contributed by atoms with van der Waals surface area (Å²) in [4.78, 5) is 25.7. The predicted octanol–water partition coefficient (Wildman–Crippen LogP) is 1.65. The van der Waals surface area contributed by atoms with Crippen LogP contribution in [0.4, 0.5) is 14.9 Å². The summed E-state index contributed by atoms with van der Waals surface area (Å²) in [6, 6.07) is 5.61. The second kappa shape index (κ2) is 6.74. The van der Waals surface area contributed by atoms with Crippen molar-refractivity contribution in [1.29, 1.82) is 0 Å². The van der Waals surface area contributed by atoms with Gasteiger partial charge in [-0.25, -0.2) is 13.9 Å². The van der Waals surface area contributed by atoms with E-state index in [1.807, 2.05) is 0 Å². The molecule has 2 aromatic rings. The summed E-state index contributed by atoms with van der Waals surface area (Å²) in [6.45, 7) is 1.53. The number of carbonyl (C=O) groups excluding carboxylic acids is 2. The SMILES string of the molecule is O=C(NCC1CC1)c1cn(C2CN(C(=O)Nc3ccccc3F)C2)nn1. The van der Waals surface area contributed by atoms with Crippen LogP contribution in [0.3, 0.4) is 0 Å². The molecule has 2 aliphatic rings. The lowest BCUT2D eigenvalue weighted by Gasteiger charge is -2.38. The number of anilines is 1. The molecule has 1 saturated heterocycles. The molecule has 2 heterocycles. The molecule has 1 aromatic heterocycles. The zero-order chi connectivity index (χ0) is 18.1. The third-order valence-corrected chi connectivity index (χ3v) is 4.63. The van der Waals surface area contributed by atoms with Gasteiger partial charge in [-0.2, -0.15) is 0 Å². The van der Waals surface area contributed by atoms with Crippen molar-refractivity contribution in [2.45, 2.75) is 18.9 Å². The molecule has 1 saturated carbocycles. The highest BCUT2D eigenvalue weighted by Gasteiger charge is 2.33. The van der Waals surface area contributed by atoms with Crippen LogP contribution in [0.5, 0.6) is 0 Å². The van der Waals surface area contributed by atoms with Crippen LogP contribution in [0.2, 0.25) is 0 Å². The monoisotopic (exact) mass is 358 g/mol. The molecule has 0 radical (unpaired) electrons. The molecule has 4 rings (SSSR count). The van der Waals surface area contributed by atoms with E-state index < -0.39 is 5.82 Å². The van der Waals surface area contributed by atoms with Gasteiger partial charge in [0.2, 0.25) is 0 Å². The van der Waals surface area contributed by atoms with E-state index in [4.69, 9.17) is 0 Å². The minimum absolute atomic E-state index is 0.0427. The molecular weight excluding hydrogens is 339 g/mol. The van der Waals surface area contributed by atoms with Crippen molar-refractivity contribution < 1.29 is 14.0 Å². The molecule has 3 amide bonds. The van der Waals surface area contributed by atoms with Crippen molar-refractivity contribution >= 4 is 17.6 Å². The van der Waals surface area contributed by atoms with E-state index in [9.17, 15) is 14.0 Å². The lowest BCUT2D eigenvalue weighted by atomic mass is 10.1. The average Bonchev–Trinajstić information content (AvgIpc) is 3.29. The van der Waals surface area contributed by atoms with Crippen LogP contribution in [0, 0.1) is 11.7 Å². The van der Waals surface area contributed by atoms with Crippen molar-refractivity contribution in [3.63, 3.8) is 0 Å². The zero-order valence-electron chi connectivity index (χ0n) is 14.1. The minimum atomic E-state index is -0.476. The fourth-order valence-electron chi connectivity index (χ4n) is 2.75. The van der Waals surface area contributed by atoms with Crippen LogP contribution in [0.1, 0.15) is 29.4 Å². The van der Waals surface area contributed by atoms with Crippen molar-refractivity contribution in [2.75, 3.05) is 25.0 Å². The summed E-state index contributed by atoms with van der Waals surface area (Å²) < 4.78 is 15.2. The second-order valence-corrected chi connectivity index (χ2v) is 6.71. The molecule has 1 aromatic carbocycles. The third kappa shape index (κ3) is 3.51. The van der Waals surface area contributed by atoms with Gasteiger partial charge in [-0.3, -0.25) is 4.79 Å². The number of nitrogens with zero attached hydrogens (tertiary/aromatic N) is 4. The Hall–Kier alpha value is -2.97. The number of nitrogens with one attached hydrogen (secondary N) is 2. The van der Waals surface area contributed by atoms with Gasteiger partial charge in [0, 0.05) is 19.6 Å². The van der Waals surface area contributed by atoms with E-state index in [2.05, 4.69) is 20.9 Å². The first kappa shape index (κ1) is 16.5. The predicted molar refractivity (Wildman–Crippen MR) is 91.1 cm³/mol. The maximum absolute atomic E-state index is 13.6. The van der Waals surface area contributed by atoms with Gasteiger partial charge < -0.3 is 15.5 Å². The Morgan fingerprint density at radius 2 is 2.00 bits per heavy atom. The first-order chi connectivity index (χ1) is 12.6. The fourth-order valence-corrected chi connectivity index (χ4v) is 2.75. The van der Waals surface area contributed by atoms with Crippen molar-refractivity contribution in [1.82, 2.24) is 25.2 Å². The Kier molecular flexibility index (Phi) is 4.27. The van der Waals surface area contributed by atoms with E-state index in [1.165, 1.54) is 25.0 Å². The van der Waals surface area contributed by atoms with Gasteiger partial charge in [0.15, 0.2) is 5.69 Å². The van der Waals surface area contributed by atoms with E-state index in [-0.39, 0.29) is 29.4 Å². The van der Waals surface area contributed by atoms with Crippen LogP contribution >= 0.6 is 0 Å². The average molecular weight is 358 g/mol. The maximum atomic E-state index is 13.6. The van der Waals surface area contributed by atoms with Crippen LogP contribution in [0.15, 0.2) is 30.5 Å². The Morgan fingerprint density at radius 1 is 1.23 bits per heavy atom. The number of rotatable bonds is 5. The third-order valence-electron chi connectivity index (χ3n) is 4.63. The Morgan fingerprint density at radius 3 is 2.73 bits per heavy atom. The largest absolute Gasteiger partial charge is 0.350 e. The van der Waals surface area contributed by atoms with Crippen molar-refractivity contribution in [3.8, 4) is 0 Å². The van der Waals surface area contributed by atoms with Gasteiger partial charge in [0.05, 0.1) is 17.9 Å². The second-order valence-electron chi connectivity index (χ2n) is 6.71. The van der Waals surface area contributed by atoms with Crippen molar-refractivity contribution in [3.05, 3.63) is 42.0 Å². The van der Waals surface area contributed by atoms with Crippen LogP contribution in [-0.2, 0) is 0 Å². The molecule has 1 aliphatic carbocycles. The van der Waals surface area contributed by atoms with Crippen molar-refractivity contribution in [2.24, 2.45) is 5.92 Å². The number of benzene rings is 1. The van der Waals surface area contributed by atoms with Gasteiger partial charge in [0.1, 0.15) is 5.82 Å². The number of hydrogen-bond acceptors (Lipinski definition) is 4. The van der Waals surface area contributed by atoms with E-state index in [0.29, 0.717) is 25.6 Å². The minimum Gasteiger partial charge on any atom is -0.350 e. The Bertz CT molecular complexity index is 828. The smallest absolute Gasteiger partial charge is 0.322 e. The number of para-hydroxylation sites is 1. The van der Waals surface area contributed by atoms with Gasteiger partial charge >= 0.3 is 6.03 Å². The molecule has 0 bridgehead atoms. The number of aromatic nitrogens is 3. The zero-order valence-corrected chi connectivity index (χ0v) is 14.1. The molecule has 9 heteroatoms. The van der Waals surface area contributed by atoms with Gasteiger partial charge in [-0.05, 0) is 30.9 Å². The van der Waals surface area contributed by atoms with Crippen LogP contribution in [0.25, 0.3) is 0 Å². The van der Waals surface area contributed by atoms with E-state index in [1.54, 1.807) is 27.9 Å². The number of amides is 3. The van der Waals surface area contributed by atoms with Gasteiger partial charge in [0.25, 0.3) is 5.91 Å². The highest BCUT2D eigenvalue weighted by molar-refractivity contribution is 5.92. The molecule has 8 nitrogen and oxygen atoms in total. The normalized spacial score (nSPS) is 16.9. The molecule has 0 spiro atoms. The Balaban J connectivity index is 1.28. The maximum Gasteiger partial charge on any atom is 0.322 e. The summed E-state index contributed by atoms with van der Waals surface area (Å²) >= 11 is 0. The molecule has 0 atom stereocenters. The van der Waals surface area contributed by atoms with E-state index >= 15 is 0 Å². The standard InChI is InChI=1S/C17H19FN6O2/c18-13-3-1-2-4-14(13)20-17(26)23-8-12(9-23)24-10-15(21-22-24)16(25)19-7-11-5-6-11/h1-4,10-12H,5-9H2,(H,19,25)(H,20,26). The van der Waals surface area contributed by atoms with E-state index in [0.717, 1.165) is 0 Å². The summed E-state index contributed by atoms with van der Waals surface area (Å²) in [7, 11) is 0. The highest BCUT2D eigenvalue weighted by Crippen LogP contribution is 2.27. The molecule has 2 N–H and O–H groups in total. The summed E-state index contributed by atoms with van der Waals surface area (Å²) in [5.41, 5.74) is 0.427. The summed E-state index contributed by atoms with van der Waals surface area (Å²) in [6.07, 6.45) is 3.93. The Labute approximate surface area is 149 Å². The first-order valence-electron chi connectivity index (χ1n) is 8.60. The summed E-state index contributed by atoms with van der Waals surface area (Å²) in [5.74, 6) is -0.102. The molecular formula is C17H19FN6O2. The molecule has 136 valence electrons. The lowest BCUT2D eigenvalue weighted by Crippen LogP contribution is -2.52. The first-order valence-corrected chi connectivity index (χ1v) is 8.60. The van der Waals surface area contributed by atoms with Gasteiger partial charge in [-0.15, -0.1) is 5.10 Å². The van der Waals surface area contributed by atoms with Crippen LogP contribution < -0.4 is 10.6 Å². The number of carbonyl (C=O) groups is 2. The molecule has 0 unspecified atom stereocenters.